The van der Waals surface area contributed by atoms with Gasteiger partial charge in [-0.15, -0.1) is 0 Å². The normalized spacial score (nSPS) is 22.7. The summed E-state index contributed by atoms with van der Waals surface area (Å²) in [6, 6.07) is 5.96. The number of hydrogen-bond acceptors (Lipinski definition) is 5. The summed E-state index contributed by atoms with van der Waals surface area (Å²) in [5.74, 6) is 2.97. The molecule has 25 heavy (non-hydrogen) atoms. The molecule has 1 saturated heterocycles. The molecule has 132 valence electrons. The molecule has 2 aromatic rings. The Morgan fingerprint density at radius 1 is 1.28 bits per heavy atom. The lowest BCUT2D eigenvalue weighted by molar-refractivity contribution is -0.163. The van der Waals surface area contributed by atoms with Gasteiger partial charge >= 0.3 is 0 Å². The van der Waals surface area contributed by atoms with Crippen LogP contribution in [-0.2, 0) is 20.6 Å². The molecule has 0 amide bonds. The van der Waals surface area contributed by atoms with E-state index in [4.69, 9.17) is 18.6 Å². The number of rotatable bonds is 6. The predicted octanol–water partition coefficient (Wildman–Crippen LogP) is 4.04. The van der Waals surface area contributed by atoms with Gasteiger partial charge in [-0.1, -0.05) is 18.2 Å². The van der Waals surface area contributed by atoms with E-state index in [2.05, 4.69) is 0 Å². The lowest BCUT2D eigenvalue weighted by atomic mass is 10.0. The fourth-order valence-electron chi connectivity index (χ4n) is 3.87. The predicted molar refractivity (Wildman–Crippen MR) is 91.7 cm³/mol. The van der Waals surface area contributed by atoms with Crippen LogP contribution < -0.4 is 0 Å². The second-order valence-corrected chi connectivity index (χ2v) is 6.98. The Hall–Kier alpha value is -1.82. The average Bonchev–Trinajstić information content (AvgIpc) is 3.15. The zero-order valence-electron chi connectivity index (χ0n) is 14.1. The van der Waals surface area contributed by atoms with Crippen molar-refractivity contribution >= 4 is 16.7 Å². The number of allylic oxidation sites excluding steroid dienone is 1. The molecule has 0 radical (unpaired) electrons. The Bertz CT molecular complexity index is 828. The molecule has 1 fully saturated rings. The van der Waals surface area contributed by atoms with Crippen molar-refractivity contribution in [3.63, 3.8) is 0 Å². The van der Waals surface area contributed by atoms with Crippen LogP contribution in [0.25, 0.3) is 16.7 Å². The van der Waals surface area contributed by atoms with Crippen LogP contribution in [0.4, 0.5) is 0 Å². The second-order valence-electron chi connectivity index (χ2n) is 6.98. The molecular weight excluding hydrogens is 320 g/mol. The number of para-hydroxylation sites is 1. The summed E-state index contributed by atoms with van der Waals surface area (Å²) in [4.78, 5) is 0. The highest BCUT2D eigenvalue weighted by Gasteiger charge is 2.41. The Morgan fingerprint density at radius 3 is 3.12 bits per heavy atom. The smallest absolute Gasteiger partial charge is 0.177 e. The number of hydrogen-bond donors (Lipinski definition) is 1. The number of furan rings is 1. The van der Waals surface area contributed by atoms with Crippen LogP contribution in [0.15, 0.2) is 28.4 Å². The zero-order chi connectivity index (χ0) is 16.8. The first kappa shape index (κ1) is 15.4. The molecule has 1 aliphatic carbocycles. The molecule has 3 aliphatic rings. The van der Waals surface area contributed by atoms with Crippen molar-refractivity contribution in [2.24, 2.45) is 0 Å². The molecule has 1 aromatic heterocycles. The summed E-state index contributed by atoms with van der Waals surface area (Å²) in [5.41, 5.74) is 2.72. The van der Waals surface area contributed by atoms with Crippen LogP contribution in [0, 0.1) is 0 Å². The average molecular weight is 342 g/mol. The van der Waals surface area contributed by atoms with Crippen molar-refractivity contribution in [3.05, 3.63) is 40.8 Å². The first-order valence-corrected chi connectivity index (χ1v) is 9.18. The molecule has 5 rings (SSSR count). The van der Waals surface area contributed by atoms with Gasteiger partial charge in [0.2, 0.25) is 0 Å². The zero-order valence-corrected chi connectivity index (χ0v) is 14.1. The third-order valence-electron chi connectivity index (χ3n) is 5.23. The molecule has 0 bridgehead atoms. The topological polar surface area (TPSA) is 64.4 Å². The fourth-order valence-corrected chi connectivity index (χ4v) is 3.87. The minimum Gasteiger partial charge on any atom is -0.459 e. The molecule has 1 aromatic carbocycles. The maximum Gasteiger partial charge on any atom is 0.177 e. The summed E-state index contributed by atoms with van der Waals surface area (Å²) in [6.45, 7) is 1.40. The van der Waals surface area contributed by atoms with Crippen molar-refractivity contribution in [2.75, 3.05) is 13.2 Å². The third-order valence-corrected chi connectivity index (χ3v) is 5.23. The maximum absolute atomic E-state index is 10.6. The lowest BCUT2D eigenvalue weighted by Crippen LogP contribution is -2.22. The standard InChI is InChI=1S/C20H22O5/c21-14(7-4-10-23-17-8-1-2-9-22-17)12-5-3-6-13-18-15(24-19(12)13)11-16-20(18)25-16/h3,5-6,14,17,21H,1-2,4,7-11H2. The molecule has 2 unspecified atom stereocenters. The summed E-state index contributed by atoms with van der Waals surface area (Å²) in [5, 5.41) is 11.7. The van der Waals surface area contributed by atoms with Crippen LogP contribution in [0.3, 0.4) is 0 Å². The van der Waals surface area contributed by atoms with Gasteiger partial charge in [0.15, 0.2) is 17.8 Å². The van der Waals surface area contributed by atoms with Gasteiger partial charge in [0, 0.05) is 24.2 Å². The Labute approximate surface area is 146 Å². The van der Waals surface area contributed by atoms with Gasteiger partial charge < -0.3 is 23.7 Å². The van der Waals surface area contributed by atoms with Crippen molar-refractivity contribution in [2.45, 2.75) is 50.9 Å². The van der Waals surface area contributed by atoms with Crippen LogP contribution in [0.2, 0.25) is 0 Å². The summed E-state index contributed by atoms with van der Waals surface area (Å²) >= 11 is 0. The van der Waals surface area contributed by atoms with Gasteiger partial charge in [0.05, 0.1) is 18.1 Å². The molecule has 0 spiro atoms. The fraction of sp³-hybridized carbons (Fsp3) is 0.500. The Kier molecular flexibility index (Phi) is 3.81. The van der Waals surface area contributed by atoms with E-state index in [1.54, 1.807) is 0 Å². The Balaban J connectivity index is 1.24. The monoisotopic (exact) mass is 342 g/mol. The molecule has 3 heterocycles. The van der Waals surface area contributed by atoms with Gasteiger partial charge in [-0.25, -0.2) is 0 Å². The van der Waals surface area contributed by atoms with Crippen LogP contribution in [0.5, 0.6) is 0 Å². The van der Waals surface area contributed by atoms with Gasteiger partial charge in [-0.3, -0.25) is 0 Å². The number of ether oxygens (including phenoxy) is 3. The minimum absolute atomic E-state index is 0.0663. The largest absolute Gasteiger partial charge is 0.459 e. The highest BCUT2D eigenvalue weighted by Crippen LogP contribution is 2.51. The van der Waals surface area contributed by atoms with E-state index in [1.165, 1.54) is 6.42 Å². The van der Waals surface area contributed by atoms with Crippen molar-refractivity contribution in [1.82, 2.24) is 0 Å². The maximum atomic E-state index is 10.6. The van der Waals surface area contributed by atoms with Crippen molar-refractivity contribution < 1.29 is 23.7 Å². The van der Waals surface area contributed by atoms with Gasteiger partial charge in [0.25, 0.3) is 0 Å². The number of aliphatic hydroxyl groups is 1. The van der Waals surface area contributed by atoms with E-state index in [9.17, 15) is 5.11 Å². The molecule has 1 N–H and O–H groups in total. The number of fused-ring (bicyclic) bond motifs is 4. The van der Waals surface area contributed by atoms with Crippen molar-refractivity contribution in [3.8, 4) is 0 Å². The summed E-state index contributed by atoms with van der Waals surface area (Å²) in [7, 11) is 0. The van der Waals surface area contributed by atoms with Gasteiger partial charge in [0.1, 0.15) is 11.3 Å². The summed E-state index contributed by atoms with van der Waals surface area (Å²) < 4.78 is 22.8. The molecule has 2 aliphatic heterocycles. The molecular formula is C20H22O5. The van der Waals surface area contributed by atoms with Gasteiger partial charge in [-0.05, 0) is 32.1 Å². The van der Waals surface area contributed by atoms with Crippen LogP contribution >= 0.6 is 0 Å². The SMILES string of the molecule is OC(CCCOC1CCCCO1)c1cccc2c3c(oc12)CC1=C3O1. The highest BCUT2D eigenvalue weighted by atomic mass is 16.7. The first-order chi connectivity index (χ1) is 12.3. The molecule has 2 atom stereocenters. The van der Waals surface area contributed by atoms with Crippen molar-refractivity contribution in [1.29, 1.82) is 0 Å². The van der Waals surface area contributed by atoms with E-state index >= 15 is 0 Å². The quantitative estimate of drug-likeness (QED) is 0.803. The van der Waals surface area contributed by atoms with E-state index < -0.39 is 6.10 Å². The number of benzene rings is 1. The number of aliphatic hydroxyl groups excluding tert-OH is 1. The lowest BCUT2D eigenvalue weighted by Gasteiger charge is -2.22. The van der Waals surface area contributed by atoms with E-state index in [1.807, 2.05) is 18.2 Å². The molecule has 5 heteroatoms. The molecule has 0 saturated carbocycles. The minimum atomic E-state index is -0.556. The highest BCUT2D eigenvalue weighted by molar-refractivity contribution is 5.98. The first-order valence-electron chi connectivity index (χ1n) is 9.18. The summed E-state index contributed by atoms with van der Waals surface area (Å²) in [6.07, 6.45) is 4.81. The third kappa shape index (κ3) is 2.76. The van der Waals surface area contributed by atoms with Gasteiger partial charge in [-0.2, -0.15) is 0 Å². The molecule has 5 nitrogen and oxygen atoms in total. The second kappa shape index (κ2) is 6.16. The van der Waals surface area contributed by atoms with E-state index in [-0.39, 0.29) is 6.29 Å². The van der Waals surface area contributed by atoms with E-state index in [0.717, 1.165) is 71.7 Å². The van der Waals surface area contributed by atoms with Crippen LogP contribution in [-0.4, -0.2) is 24.6 Å². The van der Waals surface area contributed by atoms with E-state index in [0.29, 0.717) is 13.0 Å². The van der Waals surface area contributed by atoms with Crippen LogP contribution in [0.1, 0.15) is 55.1 Å². The Morgan fingerprint density at radius 2 is 2.24 bits per heavy atom.